The van der Waals surface area contributed by atoms with E-state index in [0.717, 1.165) is 0 Å². The maximum absolute atomic E-state index is 11.7. The minimum Gasteiger partial charge on any atom is -0.460 e. The van der Waals surface area contributed by atoms with Gasteiger partial charge in [-0.05, 0) is 50.4 Å². The van der Waals surface area contributed by atoms with Crippen LogP contribution < -0.4 is 11.2 Å². The quantitative estimate of drug-likeness (QED) is 0.410. The van der Waals surface area contributed by atoms with Crippen molar-refractivity contribution in [2.24, 2.45) is 0 Å². The molecule has 0 aliphatic heterocycles. The van der Waals surface area contributed by atoms with Crippen LogP contribution in [0.2, 0.25) is 0 Å². The van der Waals surface area contributed by atoms with Crippen molar-refractivity contribution in [3.63, 3.8) is 0 Å². The highest BCUT2D eigenvalue weighted by Gasteiger charge is 2.20. The van der Waals surface area contributed by atoms with Crippen LogP contribution in [0.5, 0.6) is 0 Å². The summed E-state index contributed by atoms with van der Waals surface area (Å²) in [5.41, 5.74) is 7.16. The van der Waals surface area contributed by atoms with Gasteiger partial charge in [-0.1, -0.05) is 6.07 Å². The van der Waals surface area contributed by atoms with Gasteiger partial charge in [-0.25, -0.2) is 0 Å². The zero-order valence-corrected chi connectivity index (χ0v) is 11.7. The largest absolute Gasteiger partial charge is 0.488 e. The molecule has 1 rings (SSSR count). The van der Waals surface area contributed by atoms with Crippen molar-refractivity contribution in [3.05, 3.63) is 23.3 Å². The molecule has 0 spiro atoms. The van der Waals surface area contributed by atoms with Crippen LogP contribution in [0.1, 0.15) is 31.9 Å². The summed E-state index contributed by atoms with van der Waals surface area (Å²) >= 11 is 0. The van der Waals surface area contributed by atoms with Crippen LogP contribution in [0.25, 0.3) is 0 Å². The summed E-state index contributed by atoms with van der Waals surface area (Å²) in [6, 6.07) is 3.20. The molecule has 104 valence electrons. The normalized spacial score (nSPS) is 11.3. The highest BCUT2D eigenvalue weighted by Crippen LogP contribution is 2.14. The molecule has 5 nitrogen and oxygen atoms in total. The molecule has 0 saturated carbocycles. The molecule has 1 aromatic rings. The van der Waals surface area contributed by atoms with E-state index in [-0.39, 0.29) is 12.4 Å². The van der Waals surface area contributed by atoms with Gasteiger partial charge in [-0.15, -0.1) is 0 Å². The second-order valence-electron chi connectivity index (χ2n) is 5.54. The lowest BCUT2D eigenvalue weighted by atomic mass is 9.76. The van der Waals surface area contributed by atoms with Gasteiger partial charge in [0.05, 0.1) is 6.42 Å². The summed E-state index contributed by atoms with van der Waals surface area (Å²) in [7, 11) is -1.61. The smallest absolute Gasteiger partial charge is 0.460 e. The van der Waals surface area contributed by atoms with E-state index in [9.17, 15) is 14.8 Å². The topological polar surface area (TPSA) is 92.8 Å². The third kappa shape index (κ3) is 4.57. The highest BCUT2D eigenvalue weighted by atomic mass is 16.6. The van der Waals surface area contributed by atoms with Crippen LogP contribution in [0.4, 0.5) is 5.69 Å². The summed E-state index contributed by atoms with van der Waals surface area (Å²) in [5, 5.41) is 18.5. The average Bonchev–Trinajstić information content (AvgIpc) is 2.19. The lowest BCUT2D eigenvalue weighted by Crippen LogP contribution is -2.33. The molecule has 6 heteroatoms. The molecule has 0 fully saturated rings. The minimum absolute atomic E-state index is 0.0431. The number of carbonyl (C=O) groups is 1. The predicted octanol–water partition coefficient (Wildman–Crippen LogP) is 0.141. The van der Waals surface area contributed by atoms with Crippen molar-refractivity contribution in [2.45, 2.75) is 39.7 Å². The number of anilines is 1. The van der Waals surface area contributed by atoms with Crippen LogP contribution in [0.15, 0.2) is 12.1 Å². The Morgan fingerprint density at radius 2 is 1.95 bits per heavy atom. The van der Waals surface area contributed by atoms with Gasteiger partial charge in [0.25, 0.3) is 0 Å². The van der Waals surface area contributed by atoms with Gasteiger partial charge in [0.15, 0.2) is 0 Å². The Morgan fingerprint density at radius 1 is 1.37 bits per heavy atom. The fourth-order valence-corrected chi connectivity index (χ4v) is 1.74. The van der Waals surface area contributed by atoms with Crippen molar-refractivity contribution < 1.29 is 19.6 Å². The van der Waals surface area contributed by atoms with Gasteiger partial charge >= 0.3 is 13.1 Å². The Kier molecular flexibility index (Phi) is 4.60. The molecule has 19 heavy (non-hydrogen) atoms. The third-order valence-corrected chi connectivity index (χ3v) is 2.59. The van der Waals surface area contributed by atoms with E-state index in [2.05, 4.69) is 0 Å². The van der Waals surface area contributed by atoms with Crippen molar-refractivity contribution in [2.75, 3.05) is 5.73 Å². The first-order valence-corrected chi connectivity index (χ1v) is 6.07. The molecule has 0 aromatic heterocycles. The molecule has 0 unspecified atom stereocenters. The third-order valence-electron chi connectivity index (χ3n) is 2.59. The van der Waals surface area contributed by atoms with Crippen LogP contribution in [0.3, 0.4) is 0 Å². The van der Waals surface area contributed by atoms with Crippen molar-refractivity contribution >= 4 is 24.2 Å². The second-order valence-corrected chi connectivity index (χ2v) is 5.54. The number of benzene rings is 1. The molecule has 0 radical (unpaired) electrons. The molecular weight excluding hydrogens is 245 g/mol. The first-order valence-electron chi connectivity index (χ1n) is 6.07. The Bertz CT molecular complexity index is 480. The SMILES string of the molecule is Cc1c(N)cc(CC(=O)OC(C)(C)C)cc1B(O)O. The van der Waals surface area contributed by atoms with E-state index < -0.39 is 12.7 Å². The molecule has 0 bridgehead atoms. The molecule has 0 aliphatic rings. The van der Waals surface area contributed by atoms with Gasteiger partial charge in [-0.3, -0.25) is 4.79 Å². The lowest BCUT2D eigenvalue weighted by molar-refractivity contribution is -0.153. The molecule has 0 heterocycles. The van der Waals surface area contributed by atoms with E-state index in [0.29, 0.717) is 22.3 Å². The van der Waals surface area contributed by atoms with Gasteiger partial charge in [0.2, 0.25) is 0 Å². The predicted molar refractivity (Wildman–Crippen MR) is 75.0 cm³/mol. The maximum atomic E-state index is 11.7. The number of nitrogens with two attached hydrogens (primary N) is 1. The second kappa shape index (κ2) is 5.63. The standard InChI is InChI=1S/C13H20BNO4/c1-8-10(14(17)18)5-9(6-11(8)15)7-12(16)19-13(2,3)4/h5-6,17-18H,7,15H2,1-4H3. The van der Waals surface area contributed by atoms with Crippen LogP contribution in [0, 0.1) is 6.92 Å². The summed E-state index contributed by atoms with van der Waals surface area (Å²) < 4.78 is 5.21. The van der Waals surface area contributed by atoms with Crippen molar-refractivity contribution in [1.82, 2.24) is 0 Å². The Hall–Kier alpha value is -1.53. The number of hydrogen-bond donors (Lipinski definition) is 3. The average molecular weight is 265 g/mol. The Morgan fingerprint density at radius 3 is 2.42 bits per heavy atom. The number of esters is 1. The summed E-state index contributed by atoms with van der Waals surface area (Å²) in [5.74, 6) is -0.380. The minimum atomic E-state index is -1.61. The van der Waals surface area contributed by atoms with E-state index in [1.165, 1.54) is 0 Å². The molecule has 0 amide bonds. The molecule has 0 atom stereocenters. The molecule has 4 N–H and O–H groups in total. The zero-order chi connectivity index (χ0) is 14.8. The summed E-state index contributed by atoms with van der Waals surface area (Å²) in [6.45, 7) is 7.06. The van der Waals surface area contributed by atoms with Gasteiger partial charge in [0.1, 0.15) is 5.60 Å². The van der Waals surface area contributed by atoms with Crippen molar-refractivity contribution in [3.8, 4) is 0 Å². The number of rotatable bonds is 3. The Labute approximate surface area is 113 Å². The van der Waals surface area contributed by atoms with Crippen LogP contribution >= 0.6 is 0 Å². The van der Waals surface area contributed by atoms with Gasteiger partial charge in [-0.2, -0.15) is 0 Å². The fourth-order valence-electron chi connectivity index (χ4n) is 1.74. The van der Waals surface area contributed by atoms with E-state index in [4.69, 9.17) is 10.5 Å². The molecule has 1 aromatic carbocycles. The lowest BCUT2D eigenvalue weighted by Gasteiger charge is -2.20. The number of nitrogen functional groups attached to an aromatic ring is 1. The summed E-state index contributed by atoms with van der Waals surface area (Å²) in [6.07, 6.45) is 0.0431. The highest BCUT2D eigenvalue weighted by molar-refractivity contribution is 6.59. The molecule has 0 saturated heterocycles. The fraction of sp³-hybridized carbons (Fsp3) is 0.462. The molecular formula is C13H20BNO4. The number of ether oxygens (including phenoxy) is 1. The first-order chi connectivity index (χ1) is 8.60. The first kappa shape index (κ1) is 15.5. The number of carbonyl (C=O) groups excluding carboxylic acids is 1. The molecule has 0 aliphatic carbocycles. The van der Waals surface area contributed by atoms with Crippen LogP contribution in [-0.4, -0.2) is 28.7 Å². The van der Waals surface area contributed by atoms with E-state index in [1.54, 1.807) is 39.8 Å². The van der Waals surface area contributed by atoms with E-state index in [1.807, 2.05) is 0 Å². The summed E-state index contributed by atoms with van der Waals surface area (Å²) in [4.78, 5) is 11.7. The zero-order valence-electron chi connectivity index (χ0n) is 11.7. The van der Waals surface area contributed by atoms with Crippen LogP contribution in [-0.2, 0) is 16.0 Å². The monoisotopic (exact) mass is 265 g/mol. The maximum Gasteiger partial charge on any atom is 0.488 e. The van der Waals surface area contributed by atoms with Crippen molar-refractivity contribution in [1.29, 1.82) is 0 Å². The van der Waals surface area contributed by atoms with Gasteiger partial charge < -0.3 is 20.5 Å². The number of hydrogen-bond acceptors (Lipinski definition) is 5. The van der Waals surface area contributed by atoms with E-state index >= 15 is 0 Å². The Balaban J connectivity index is 2.94. The van der Waals surface area contributed by atoms with Gasteiger partial charge in [0, 0.05) is 5.69 Å².